The van der Waals surface area contributed by atoms with Crippen LogP contribution in [0.2, 0.25) is 0 Å². The summed E-state index contributed by atoms with van der Waals surface area (Å²) in [5, 5.41) is 18.3. The van der Waals surface area contributed by atoms with Gasteiger partial charge in [0.1, 0.15) is 9.88 Å². The van der Waals surface area contributed by atoms with Crippen LogP contribution in [0.5, 0.6) is 0 Å². The summed E-state index contributed by atoms with van der Waals surface area (Å²) >= 11 is 3.10. The Morgan fingerprint density at radius 1 is 1.21 bits per heavy atom. The second-order valence-corrected chi connectivity index (χ2v) is 6.59. The summed E-state index contributed by atoms with van der Waals surface area (Å²) in [5.41, 5.74) is 1.06. The molecule has 2 aromatic heterocycles. The fourth-order valence-electron chi connectivity index (χ4n) is 1.89. The number of aryl methyl sites for hydroxylation is 1. The van der Waals surface area contributed by atoms with Crippen molar-refractivity contribution in [1.29, 1.82) is 0 Å². The van der Waals surface area contributed by atoms with E-state index < -0.39 is 0 Å². The molecule has 0 aromatic carbocycles. The predicted molar refractivity (Wildman–Crippen MR) is 77.5 cm³/mol. The van der Waals surface area contributed by atoms with Gasteiger partial charge in [-0.25, -0.2) is 0 Å². The van der Waals surface area contributed by atoms with Crippen LogP contribution in [0.4, 0.5) is 0 Å². The Balaban J connectivity index is 1.63. The van der Waals surface area contributed by atoms with Crippen molar-refractivity contribution in [2.24, 2.45) is 0 Å². The summed E-state index contributed by atoms with van der Waals surface area (Å²) < 4.78 is 4.04. The van der Waals surface area contributed by atoms with Crippen molar-refractivity contribution in [3.63, 3.8) is 0 Å². The highest BCUT2D eigenvalue weighted by Crippen LogP contribution is 2.29. The number of rotatable bonds is 7. The molecule has 2 heterocycles. The zero-order chi connectivity index (χ0) is 13.1. The van der Waals surface area contributed by atoms with Crippen LogP contribution >= 0.6 is 22.9 Å². The molecule has 0 radical (unpaired) electrons. The molecule has 2 aromatic rings. The SMILES string of the molecule is CCCc1nnsc1-c1nnc(CCNC2CC2)s1. The van der Waals surface area contributed by atoms with Gasteiger partial charge in [-0.3, -0.25) is 0 Å². The van der Waals surface area contributed by atoms with Gasteiger partial charge in [-0.1, -0.05) is 29.2 Å². The van der Waals surface area contributed by atoms with Gasteiger partial charge in [-0.05, 0) is 30.8 Å². The van der Waals surface area contributed by atoms with Crippen molar-refractivity contribution >= 4 is 22.9 Å². The van der Waals surface area contributed by atoms with E-state index in [0.717, 1.165) is 52.4 Å². The van der Waals surface area contributed by atoms with Gasteiger partial charge in [0.05, 0.1) is 5.69 Å². The third kappa shape index (κ3) is 3.34. The molecule has 1 aliphatic rings. The third-order valence-corrected chi connectivity index (χ3v) is 4.96. The van der Waals surface area contributed by atoms with E-state index in [1.807, 2.05) is 0 Å². The van der Waals surface area contributed by atoms with E-state index in [9.17, 15) is 0 Å². The molecule has 0 unspecified atom stereocenters. The van der Waals surface area contributed by atoms with Crippen LogP contribution < -0.4 is 5.32 Å². The first-order chi connectivity index (χ1) is 9.36. The molecule has 102 valence electrons. The lowest BCUT2D eigenvalue weighted by Gasteiger charge is -1.97. The van der Waals surface area contributed by atoms with E-state index in [1.165, 1.54) is 24.4 Å². The maximum Gasteiger partial charge on any atom is 0.161 e. The summed E-state index contributed by atoms with van der Waals surface area (Å²) in [6.45, 7) is 3.15. The molecule has 1 fully saturated rings. The molecule has 1 aliphatic carbocycles. The van der Waals surface area contributed by atoms with Gasteiger partial charge in [-0.15, -0.1) is 15.3 Å². The molecule has 0 aliphatic heterocycles. The average molecular weight is 295 g/mol. The average Bonchev–Trinajstić information content (AvgIpc) is 2.92. The van der Waals surface area contributed by atoms with Crippen LogP contribution in [0, 0.1) is 0 Å². The molecular formula is C12H17N5S2. The van der Waals surface area contributed by atoms with Crippen LogP contribution in [-0.2, 0) is 12.8 Å². The van der Waals surface area contributed by atoms with Gasteiger partial charge in [0.15, 0.2) is 5.01 Å². The summed E-state index contributed by atoms with van der Waals surface area (Å²) in [6.07, 6.45) is 5.66. The molecule has 0 amide bonds. The molecule has 3 rings (SSSR count). The summed E-state index contributed by atoms with van der Waals surface area (Å²) in [6, 6.07) is 0.759. The highest BCUT2D eigenvalue weighted by atomic mass is 32.1. The van der Waals surface area contributed by atoms with E-state index in [1.54, 1.807) is 11.3 Å². The second kappa shape index (κ2) is 6.02. The number of aromatic nitrogens is 4. The Labute approximate surface area is 120 Å². The van der Waals surface area contributed by atoms with E-state index >= 15 is 0 Å². The number of nitrogens with zero attached hydrogens (tertiary/aromatic N) is 4. The molecule has 0 bridgehead atoms. The normalized spacial score (nSPS) is 15.0. The zero-order valence-corrected chi connectivity index (χ0v) is 12.6. The van der Waals surface area contributed by atoms with Gasteiger partial charge < -0.3 is 5.32 Å². The first kappa shape index (κ1) is 13.1. The minimum Gasteiger partial charge on any atom is -0.314 e. The minimum absolute atomic E-state index is 0.759. The van der Waals surface area contributed by atoms with E-state index in [4.69, 9.17) is 0 Å². The molecule has 19 heavy (non-hydrogen) atoms. The van der Waals surface area contributed by atoms with Crippen LogP contribution in [0.1, 0.15) is 36.9 Å². The zero-order valence-electron chi connectivity index (χ0n) is 10.9. The van der Waals surface area contributed by atoms with Crippen molar-refractivity contribution in [2.75, 3.05) is 6.54 Å². The number of hydrogen-bond donors (Lipinski definition) is 1. The van der Waals surface area contributed by atoms with Gasteiger partial charge in [0.2, 0.25) is 0 Å². The molecule has 5 nitrogen and oxygen atoms in total. The first-order valence-corrected chi connectivity index (χ1v) is 8.33. The quantitative estimate of drug-likeness (QED) is 0.849. The van der Waals surface area contributed by atoms with Crippen LogP contribution in [0.15, 0.2) is 0 Å². The maximum atomic E-state index is 4.29. The van der Waals surface area contributed by atoms with Gasteiger partial charge >= 0.3 is 0 Å². The summed E-state index contributed by atoms with van der Waals surface area (Å²) in [7, 11) is 0. The minimum atomic E-state index is 0.759. The standard InChI is InChI=1S/C12H17N5S2/c1-2-3-9-11(19-17-14-9)12-16-15-10(18-12)6-7-13-8-4-5-8/h8,13H,2-7H2,1H3. The number of hydrogen-bond acceptors (Lipinski definition) is 7. The lowest BCUT2D eigenvalue weighted by Crippen LogP contribution is -2.19. The fraction of sp³-hybridized carbons (Fsp3) is 0.667. The Bertz CT molecular complexity index is 532. The van der Waals surface area contributed by atoms with Crippen molar-refractivity contribution in [3.8, 4) is 9.88 Å². The van der Waals surface area contributed by atoms with Crippen molar-refractivity contribution in [3.05, 3.63) is 10.7 Å². The highest BCUT2D eigenvalue weighted by Gasteiger charge is 2.20. The van der Waals surface area contributed by atoms with Crippen molar-refractivity contribution in [1.82, 2.24) is 25.1 Å². The molecule has 1 N–H and O–H groups in total. The molecule has 7 heteroatoms. The second-order valence-electron chi connectivity index (χ2n) is 4.78. The predicted octanol–water partition coefficient (Wildman–Crippen LogP) is 2.30. The maximum absolute atomic E-state index is 4.29. The van der Waals surface area contributed by atoms with Gasteiger partial charge in [0, 0.05) is 19.0 Å². The first-order valence-electron chi connectivity index (χ1n) is 6.74. The molecule has 1 saturated carbocycles. The Morgan fingerprint density at radius 3 is 2.89 bits per heavy atom. The largest absolute Gasteiger partial charge is 0.314 e. The van der Waals surface area contributed by atoms with Crippen molar-refractivity contribution in [2.45, 2.75) is 45.1 Å². The van der Waals surface area contributed by atoms with Crippen LogP contribution in [0.25, 0.3) is 9.88 Å². The monoisotopic (exact) mass is 295 g/mol. The number of nitrogens with one attached hydrogen (secondary N) is 1. The Kier molecular flexibility index (Phi) is 4.15. The topological polar surface area (TPSA) is 63.6 Å². The van der Waals surface area contributed by atoms with E-state index in [2.05, 4.69) is 32.0 Å². The van der Waals surface area contributed by atoms with Gasteiger partial charge in [0.25, 0.3) is 0 Å². The Hall–Kier alpha value is -0.920. The Morgan fingerprint density at radius 2 is 2.11 bits per heavy atom. The summed E-state index contributed by atoms with van der Waals surface area (Å²) in [5.74, 6) is 0. The molecular weight excluding hydrogens is 278 g/mol. The van der Waals surface area contributed by atoms with Gasteiger partial charge in [-0.2, -0.15) is 0 Å². The van der Waals surface area contributed by atoms with Crippen LogP contribution in [0.3, 0.4) is 0 Å². The lowest BCUT2D eigenvalue weighted by molar-refractivity contribution is 0.677. The molecule has 0 saturated heterocycles. The fourth-order valence-corrected chi connectivity index (χ4v) is 3.51. The molecule has 0 spiro atoms. The smallest absolute Gasteiger partial charge is 0.161 e. The van der Waals surface area contributed by atoms with E-state index in [0.29, 0.717) is 0 Å². The third-order valence-electron chi connectivity index (χ3n) is 3.05. The molecule has 0 atom stereocenters. The lowest BCUT2D eigenvalue weighted by atomic mass is 10.2. The van der Waals surface area contributed by atoms with E-state index in [-0.39, 0.29) is 0 Å². The summed E-state index contributed by atoms with van der Waals surface area (Å²) in [4.78, 5) is 1.10. The highest BCUT2D eigenvalue weighted by molar-refractivity contribution is 7.19. The van der Waals surface area contributed by atoms with Crippen molar-refractivity contribution < 1.29 is 0 Å². The van der Waals surface area contributed by atoms with Crippen LogP contribution in [-0.4, -0.2) is 32.4 Å².